The van der Waals surface area contributed by atoms with E-state index < -0.39 is 30.7 Å². The maximum Gasteiger partial charge on any atom is 0.401 e. The molecule has 9 nitrogen and oxygen atoms in total. The van der Waals surface area contributed by atoms with Crippen LogP contribution in [-0.4, -0.2) is 74.3 Å². The highest BCUT2D eigenvalue weighted by Gasteiger charge is 2.40. The van der Waals surface area contributed by atoms with Gasteiger partial charge in [0.15, 0.2) is 0 Å². The standard InChI is InChI=1S/C28H27ClF3N7O2S/c29-18-9-17-2-8-37(15-27(14-33)3-6-34-7-4-27)24(17)21(10-18)20-1-5-35-22-11-19(42-25(20)22)13-39-26(41)38(16-28(30,31)32)23(40)12-36-39/h1-2,5,8-12,23,26,34,40-41H,3-4,6-7,13,15-16H2. The van der Waals surface area contributed by atoms with Crippen molar-refractivity contribution in [3.8, 4) is 17.2 Å². The van der Waals surface area contributed by atoms with Gasteiger partial charge >= 0.3 is 6.18 Å². The summed E-state index contributed by atoms with van der Waals surface area (Å²) >= 11 is 7.95. The molecule has 0 radical (unpaired) electrons. The summed E-state index contributed by atoms with van der Waals surface area (Å²) in [6, 6.07) is 12.1. The Kier molecular flexibility index (Phi) is 7.63. The molecule has 0 spiro atoms. The number of nitriles is 1. The number of aliphatic hydroxyl groups excluding tert-OH is 2. The van der Waals surface area contributed by atoms with Crippen LogP contribution in [0.15, 0.2) is 47.8 Å². The number of benzene rings is 1. The molecule has 220 valence electrons. The summed E-state index contributed by atoms with van der Waals surface area (Å²) in [5, 5.41) is 40.5. The Morgan fingerprint density at radius 3 is 2.69 bits per heavy atom. The monoisotopic (exact) mass is 617 g/mol. The molecule has 2 aliphatic heterocycles. The third-order valence-electron chi connectivity index (χ3n) is 7.78. The summed E-state index contributed by atoms with van der Waals surface area (Å²) < 4.78 is 42.1. The van der Waals surface area contributed by atoms with Crippen molar-refractivity contribution < 1.29 is 23.4 Å². The Balaban J connectivity index is 1.37. The zero-order valence-electron chi connectivity index (χ0n) is 22.2. The van der Waals surface area contributed by atoms with Gasteiger partial charge < -0.3 is 20.1 Å². The minimum Gasteiger partial charge on any atom is -0.373 e. The minimum absolute atomic E-state index is 0.000725. The van der Waals surface area contributed by atoms with Crippen molar-refractivity contribution in [3.05, 3.63) is 52.6 Å². The normalized spacial score (nSPS) is 21.3. The van der Waals surface area contributed by atoms with E-state index in [4.69, 9.17) is 11.6 Å². The molecule has 2 aliphatic rings. The maximum absolute atomic E-state index is 13.0. The van der Waals surface area contributed by atoms with Crippen molar-refractivity contribution in [1.29, 1.82) is 5.26 Å². The van der Waals surface area contributed by atoms with Gasteiger partial charge in [-0.1, -0.05) is 11.6 Å². The Morgan fingerprint density at radius 2 is 1.95 bits per heavy atom. The highest BCUT2D eigenvalue weighted by atomic mass is 35.5. The Hall–Kier alpha value is -3.25. The van der Waals surface area contributed by atoms with Gasteiger partial charge in [0, 0.05) is 45.4 Å². The summed E-state index contributed by atoms with van der Waals surface area (Å²) in [4.78, 5) is 5.72. The second-order valence-electron chi connectivity index (χ2n) is 10.7. The molecule has 42 heavy (non-hydrogen) atoms. The number of nitrogens with zero attached hydrogens (tertiary/aromatic N) is 6. The van der Waals surface area contributed by atoms with Crippen molar-refractivity contribution in [1.82, 2.24) is 24.8 Å². The third kappa shape index (κ3) is 5.58. The molecule has 2 unspecified atom stereocenters. The molecule has 1 saturated heterocycles. The van der Waals surface area contributed by atoms with Crippen LogP contribution in [0, 0.1) is 16.7 Å². The molecule has 0 saturated carbocycles. The van der Waals surface area contributed by atoms with Crippen LogP contribution < -0.4 is 5.32 Å². The number of aromatic nitrogens is 2. The smallest absolute Gasteiger partial charge is 0.373 e. The first kappa shape index (κ1) is 28.9. The van der Waals surface area contributed by atoms with E-state index in [0.717, 1.165) is 63.9 Å². The fraction of sp³-hybridized carbons (Fsp3) is 0.393. The molecule has 0 aliphatic carbocycles. The number of aliphatic hydroxyl groups is 2. The molecule has 3 aromatic heterocycles. The second kappa shape index (κ2) is 11.1. The lowest BCUT2D eigenvalue weighted by atomic mass is 9.80. The molecule has 3 N–H and O–H groups in total. The number of alkyl halides is 3. The van der Waals surface area contributed by atoms with Crippen LogP contribution in [0.2, 0.25) is 5.02 Å². The molecule has 2 atom stereocenters. The number of rotatable bonds is 6. The van der Waals surface area contributed by atoms with E-state index >= 15 is 0 Å². The van der Waals surface area contributed by atoms with E-state index in [1.54, 1.807) is 6.20 Å². The molecule has 14 heteroatoms. The molecular weight excluding hydrogens is 591 g/mol. The highest BCUT2D eigenvalue weighted by molar-refractivity contribution is 7.19. The average molecular weight is 618 g/mol. The Morgan fingerprint density at radius 1 is 1.17 bits per heavy atom. The lowest BCUT2D eigenvalue weighted by molar-refractivity contribution is -0.224. The van der Waals surface area contributed by atoms with Crippen molar-refractivity contribution in [2.24, 2.45) is 10.5 Å². The minimum atomic E-state index is -4.62. The number of fused-ring (bicyclic) bond motifs is 2. The number of thiophene rings is 1. The van der Waals surface area contributed by atoms with Crippen LogP contribution in [-0.2, 0) is 13.1 Å². The number of nitrogens with one attached hydrogen (secondary N) is 1. The average Bonchev–Trinajstić information content (AvgIpc) is 3.55. The zero-order valence-corrected chi connectivity index (χ0v) is 23.8. The van der Waals surface area contributed by atoms with Crippen LogP contribution in [0.5, 0.6) is 0 Å². The summed E-state index contributed by atoms with van der Waals surface area (Å²) in [5.41, 5.74) is 2.88. The van der Waals surface area contributed by atoms with Gasteiger partial charge in [0.05, 0.1) is 40.0 Å². The largest absolute Gasteiger partial charge is 0.401 e. The lowest BCUT2D eigenvalue weighted by Crippen LogP contribution is -2.57. The van der Waals surface area contributed by atoms with Gasteiger partial charge in [-0.2, -0.15) is 23.5 Å². The van der Waals surface area contributed by atoms with Crippen LogP contribution >= 0.6 is 22.9 Å². The summed E-state index contributed by atoms with van der Waals surface area (Å²) in [6.07, 6.45) is -1.92. The van der Waals surface area contributed by atoms with Crippen molar-refractivity contribution in [2.75, 3.05) is 19.6 Å². The van der Waals surface area contributed by atoms with E-state index in [2.05, 4.69) is 26.0 Å². The van der Waals surface area contributed by atoms with Crippen molar-refractivity contribution in [3.63, 3.8) is 0 Å². The van der Waals surface area contributed by atoms with Crippen molar-refractivity contribution in [2.45, 2.75) is 44.7 Å². The van der Waals surface area contributed by atoms with E-state index in [9.17, 15) is 28.6 Å². The Labute approximate surface area is 248 Å². The third-order valence-corrected chi connectivity index (χ3v) is 9.14. The summed E-state index contributed by atoms with van der Waals surface area (Å²) in [7, 11) is 0. The maximum atomic E-state index is 13.0. The van der Waals surface area contributed by atoms with Crippen LogP contribution in [0.1, 0.15) is 17.7 Å². The molecule has 4 aromatic rings. The number of hydrazone groups is 1. The van der Waals surface area contributed by atoms with Gasteiger partial charge in [-0.3, -0.25) is 9.99 Å². The second-order valence-corrected chi connectivity index (χ2v) is 12.2. The van der Waals surface area contributed by atoms with Gasteiger partial charge in [0.2, 0.25) is 6.35 Å². The predicted octanol–water partition coefficient (Wildman–Crippen LogP) is 4.72. The zero-order chi connectivity index (χ0) is 29.6. The van der Waals surface area contributed by atoms with Crippen LogP contribution in [0.4, 0.5) is 13.2 Å². The van der Waals surface area contributed by atoms with Crippen molar-refractivity contribution >= 4 is 50.3 Å². The number of hydrogen-bond donors (Lipinski definition) is 3. The molecule has 1 aromatic carbocycles. The predicted molar refractivity (Wildman–Crippen MR) is 155 cm³/mol. The van der Waals surface area contributed by atoms with E-state index in [1.165, 1.54) is 11.3 Å². The molecule has 5 heterocycles. The molecule has 0 bridgehead atoms. The number of piperidine rings is 1. The first-order valence-corrected chi connectivity index (χ1v) is 14.5. The molecule has 6 rings (SSSR count). The van der Waals surface area contributed by atoms with Gasteiger partial charge in [0.25, 0.3) is 0 Å². The highest BCUT2D eigenvalue weighted by Crippen LogP contribution is 2.41. The first-order valence-electron chi connectivity index (χ1n) is 13.3. The fourth-order valence-corrected chi connectivity index (χ4v) is 7.09. The molecule has 0 amide bonds. The Bertz CT molecular complexity index is 1690. The number of hydrogen-bond acceptors (Lipinski definition) is 9. The summed E-state index contributed by atoms with van der Waals surface area (Å²) in [6.45, 7) is 0.621. The first-order chi connectivity index (χ1) is 20.1. The van der Waals surface area contributed by atoms with Gasteiger partial charge in [0.1, 0.15) is 12.8 Å². The van der Waals surface area contributed by atoms with Gasteiger partial charge in [-0.15, -0.1) is 11.3 Å². The fourth-order valence-electron chi connectivity index (χ4n) is 5.73. The van der Waals surface area contributed by atoms with E-state index in [0.29, 0.717) is 26.9 Å². The number of halogens is 4. The number of pyridine rings is 1. The lowest BCUT2D eigenvalue weighted by Gasteiger charge is -2.39. The summed E-state index contributed by atoms with van der Waals surface area (Å²) in [5.74, 6) is 0. The molecule has 1 fully saturated rings. The topological polar surface area (TPSA) is 113 Å². The van der Waals surface area contributed by atoms with Crippen LogP contribution in [0.3, 0.4) is 0 Å². The van der Waals surface area contributed by atoms with Gasteiger partial charge in [-0.05, 0) is 56.3 Å². The van der Waals surface area contributed by atoms with Crippen LogP contribution in [0.25, 0.3) is 32.2 Å². The SMILES string of the molecule is N#CC1(Cn2ccc3cc(Cl)cc(-c4ccnc5cc(CN6N=CC(O)N(CC(F)(F)F)C6O)sc45)c32)CCNCC1. The van der Waals surface area contributed by atoms with Gasteiger partial charge in [-0.25, -0.2) is 4.90 Å². The molecular formula is C28H27ClF3N7O2S. The van der Waals surface area contributed by atoms with E-state index in [1.807, 2.05) is 36.5 Å². The quantitative estimate of drug-likeness (QED) is 0.287. The van der Waals surface area contributed by atoms with E-state index in [-0.39, 0.29) is 6.54 Å².